The Morgan fingerprint density at radius 1 is 1.15 bits per heavy atom. The maximum absolute atomic E-state index is 5.77. The molecule has 1 aromatic carbocycles. The molecule has 1 aliphatic rings. The van der Waals surface area contributed by atoms with Crippen molar-refractivity contribution in [1.29, 1.82) is 0 Å². The van der Waals surface area contributed by atoms with E-state index in [9.17, 15) is 0 Å². The van der Waals surface area contributed by atoms with Crippen LogP contribution in [0.15, 0.2) is 43.0 Å². The summed E-state index contributed by atoms with van der Waals surface area (Å²) in [7, 11) is 0. The molecule has 0 bridgehead atoms. The van der Waals surface area contributed by atoms with Gasteiger partial charge in [-0.3, -0.25) is 0 Å². The second-order valence-electron chi connectivity index (χ2n) is 5.19. The monoisotopic (exact) mass is 271 g/mol. The van der Waals surface area contributed by atoms with Crippen LogP contribution in [0.4, 0.5) is 0 Å². The maximum atomic E-state index is 5.77. The summed E-state index contributed by atoms with van der Waals surface area (Å²) in [4.78, 5) is 0. The van der Waals surface area contributed by atoms with Gasteiger partial charge in [-0.1, -0.05) is 24.3 Å². The van der Waals surface area contributed by atoms with Crippen LogP contribution in [0.5, 0.6) is 5.75 Å². The molecule has 108 valence electrons. The van der Waals surface area contributed by atoms with Gasteiger partial charge in [-0.25, -0.2) is 0 Å². The fourth-order valence-corrected chi connectivity index (χ4v) is 2.41. The highest BCUT2D eigenvalue weighted by molar-refractivity contribution is 5.67. The van der Waals surface area contributed by atoms with Crippen molar-refractivity contribution in [2.45, 2.75) is 32.1 Å². The number of hydrogen-bond acceptors (Lipinski definition) is 2. The zero-order valence-electron chi connectivity index (χ0n) is 12.2. The maximum Gasteiger partial charge on any atom is 0.119 e. The van der Waals surface area contributed by atoms with Crippen molar-refractivity contribution >= 4 is 5.57 Å². The molecule has 0 aromatic heterocycles. The minimum Gasteiger partial charge on any atom is -0.494 e. The molecule has 20 heavy (non-hydrogen) atoms. The summed E-state index contributed by atoms with van der Waals surface area (Å²) in [5.74, 6) is 0.979. The van der Waals surface area contributed by atoms with E-state index in [1.807, 2.05) is 6.08 Å². The van der Waals surface area contributed by atoms with Gasteiger partial charge in [0, 0.05) is 6.54 Å². The molecule has 2 rings (SSSR count). The largest absolute Gasteiger partial charge is 0.494 e. The smallest absolute Gasteiger partial charge is 0.119 e. The van der Waals surface area contributed by atoms with Crippen molar-refractivity contribution in [3.8, 4) is 5.75 Å². The van der Waals surface area contributed by atoms with E-state index in [1.54, 1.807) is 0 Å². The van der Waals surface area contributed by atoms with Gasteiger partial charge in [0.15, 0.2) is 0 Å². The summed E-state index contributed by atoms with van der Waals surface area (Å²) in [6.07, 6.45) is 10.0. The predicted octanol–water partition coefficient (Wildman–Crippen LogP) is 4.19. The molecule has 1 heterocycles. The van der Waals surface area contributed by atoms with Crippen LogP contribution in [0.3, 0.4) is 0 Å². The van der Waals surface area contributed by atoms with Crippen molar-refractivity contribution in [3.63, 3.8) is 0 Å². The molecule has 1 N–H and O–H groups in total. The molecule has 2 nitrogen and oxygen atoms in total. The molecule has 0 radical (unpaired) electrons. The lowest BCUT2D eigenvalue weighted by molar-refractivity contribution is 0.305. The normalized spacial score (nSPS) is 14.7. The zero-order valence-corrected chi connectivity index (χ0v) is 12.2. The Hall–Kier alpha value is -1.54. The van der Waals surface area contributed by atoms with Gasteiger partial charge < -0.3 is 10.1 Å². The van der Waals surface area contributed by atoms with Crippen LogP contribution in [0.1, 0.15) is 37.7 Å². The number of unbranched alkanes of at least 4 members (excludes halogenated alkanes) is 3. The lowest BCUT2D eigenvalue weighted by Gasteiger charge is -2.14. The Labute approximate surface area is 122 Å². The van der Waals surface area contributed by atoms with E-state index in [-0.39, 0.29) is 0 Å². The van der Waals surface area contributed by atoms with Crippen LogP contribution in [-0.4, -0.2) is 19.7 Å². The average Bonchev–Trinajstić information content (AvgIpc) is 2.52. The Balaban J connectivity index is 1.74. The van der Waals surface area contributed by atoms with E-state index in [2.05, 4.69) is 42.2 Å². The van der Waals surface area contributed by atoms with Gasteiger partial charge in [0.2, 0.25) is 0 Å². The third-order valence-corrected chi connectivity index (χ3v) is 3.61. The minimum absolute atomic E-state index is 0.809. The quantitative estimate of drug-likeness (QED) is 0.565. The highest BCUT2D eigenvalue weighted by Crippen LogP contribution is 2.22. The molecular weight excluding hydrogens is 246 g/mol. The van der Waals surface area contributed by atoms with E-state index in [0.717, 1.165) is 44.7 Å². The Bertz CT molecular complexity index is 433. The molecule has 1 aliphatic heterocycles. The van der Waals surface area contributed by atoms with Crippen molar-refractivity contribution in [2.24, 2.45) is 0 Å². The lowest BCUT2D eigenvalue weighted by Crippen LogP contribution is -2.19. The van der Waals surface area contributed by atoms with Gasteiger partial charge >= 0.3 is 0 Å². The van der Waals surface area contributed by atoms with Gasteiger partial charge in [0.05, 0.1) is 6.61 Å². The van der Waals surface area contributed by atoms with Crippen LogP contribution < -0.4 is 10.1 Å². The summed E-state index contributed by atoms with van der Waals surface area (Å²) >= 11 is 0. The number of allylic oxidation sites excluding steroid dienone is 1. The van der Waals surface area contributed by atoms with Crippen molar-refractivity contribution in [2.75, 3.05) is 19.7 Å². The number of rotatable bonds is 8. The number of nitrogens with one attached hydrogen (secondary N) is 1. The summed E-state index contributed by atoms with van der Waals surface area (Å²) in [5.41, 5.74) is 2.77. The van der Waals surface area contributed by atoms with E-state index in [4.69, 9.17) is 4.74 Å². The highest BCUT2D eigenvalue weighted by Gasteiger charge is 2.05. The van der Waals surface area contributed by atoms with Crippen molar-refractivity contribution in [3.05, 3.63) is 48.6 Å². The van der Waals surface area contributed by atoms with Crippen LogP contribution in [-0.2, 0) is 0 Å². The molecule has 0 amide bonds. The Morgan fingerprint density at radius 3 is 2.70 bits per heavy atom. The Morgan fingerprint density at radius 2 is 2.00 bits per heavy atom. The van der Waals surface area contributed by atoms with E-state index in [1.165, 1.54) is 24.0 Å². The van der Waals surface area contributed by atoms with E-state index < -0.39 is 0 Å². The van der Waals surface area contributed by atoms with E-state index >= 15 is 0 Å². The molecule has 2 heteroatoms. The first kappa shape index (κ1) is 14.9. The second-order valence-corrected chi connectivity index (χ2v) is 5.19. The number of hydrogen-bond donors (Lipinski definition) is 1. The fraction of sp³-hybridized carbons (Fsp3) is 0.444. The average molecular weight is 271 g/mol. The first-order chi connectivity index (χ1) is 9.90. The van der Waals surface area contributed by atoms with Crippen molar-refractivity contribution in [1.82, 2.24) is 5.32 Å². The molecule has 1 aromatic rings. The second kappa shape index (κ2) is 8.60. The summed E-state index contributed by atoms with van der Waals surface area (Å²) < 4.78 is 5.77. The molecule has 0 saturated heterocycles. The van der Waals surface area contributed by atoms with Crippen LogP contribution in [0.25, 0.3) is 5.57 Å². The van der Waals surface area contributed by atoms with Gasteiger partial charge in [0.1, 0.15) is 5.75 Å². The lowest BCUT2D eigenvalue weighted by atomic mass is 10.0. The van der Waals surface area contributed by atoms with Gasteiger partial charge in [-0.15, -0.1) is 6.58 Å². The molecular formula is C18H25NO. The standard InChI is InChI=1S/C18H25NO/c1-2-3-4-5-6-15-20-18-9-7-16(8-10-18)17-11-13-19-14-12-17/h2,7-11,19H,1,3-6,12-15H2. The van der Waals surface area contributed by atoms with Gasteiger partial charge in [-0.05, 0) is 61.9 Å². The molecule has 0 saturated carbocycles. The fourth-order valence-electron chi connectivity index (χ4n) is 2.41. The highest BCUT2D eigenvalue weighted by atomic mass is 16.5. The van der Waals surface area contributed by atoms with E-state index in [0.29, 0.717) is 0 Å². The SMILES string of the molecule is C=CCCCCCOc1ccc(C2=CCNCC2)cc1. The Kier molecular flexibility index (Phi) is 6.39. The molecule has 0 atom stereocenters. The summed E-state index contributed by atoms with van der Waals surface area (Å²) in [6, 6.07) is 8.51. The first-order valence-corrected chi connectivity index (χ1v) is 7.64. The first-order valence-electron chi connectivity index (χ1n) is 7.64. The number of benzene rings is 1. The van der Waals surface area contributed by atoms with Crippen LogP contribution in [0, 0.1) is 0 Å². The predicted molar refractivity (Wildman–Crippen MR) is 86.1 cm³/mol. The molecule has 0 aliphatic carbocycles. The van der Waals surface area contributed by atoms with Gasteiger partial charge in [0.25, 0.3) is 0 Å². The molecule has 0 spiro atoms. The summed E-state index contributed by atoms with van der Waals surface area (Å²) in [6.45, 7) is 6.60. The van der Waals surface area contributed by atoms with Gasteiger partial charge in [-0.2, -0.15) is 0 Å². The zero-order chi connectivity index (χ0) is 14.0. The third-order valence-electron chi connectivity index (χ3n) is 3.61. The molecule has 0 fully saturated rings. The third kappa shape index (κ3) is 4.86. The topological polar surface area (TPSA) is 21.3 Å². The van der Waals surface area contributed by atoms with Crippen LogP contribution in [0.2, 0.25) is 0 Å². The number of ether oxygens (including phenoxy) is 1. The van der Waals surface area contributed by atoms with Crippen LogP contribution >= 0.6 is 0 Å². The summed E-state index contributed by atoms with van der Waals surface area (Å²) in [5, 5.41) is 3.34. The molecule has 0 unspecified atom stereocenters. The van der Waals surface area contributed by atoms with Crippen molar-refractivity contribution < 1.29 is 4.74 Å². The minimum atomic E-state index is 0.809.